The zero-order valence-electron chi connectivity index (χ0n) is 11.9. The quantitative estimate of drug-likeness (QED) is 0.710. The SMILES string of the molecule is CCCC1CCC(C2CC(C3CC(=O)C3)C2)CC1. The van der Waals surface area contributed by atoms with Gasteiger partial charge in [0.2, 0.25) is 0 Å². The zero-order valence-corrected chi connectivity index (χ0v) is 11.9. The van der Waals surface area contributed by atoms with Gasteiger partial charge >= 0.3 is 0 Å². The first kappa shape index (κ1) is 12.7. The van der Waals surface area contributed by atoms with Crippen LogP contribution < -0.4 is 0 Å². The van der Waals surface area contributed by atoms with Gasteiger partial charge in [-0.05, 0) is 55.3 Å². The molecule has 0 atom stereocenters. The molecule has 0 amide bonds. The molecule has 0 aromatic rings. The van der Waals surface area contributed by atoms with E-state index >= 15 is 0 Å². The second kappa shape index (κ2) is 5.35. The first-order chi connectivity index (χ1) is 8.76. The lowest BCUT2D eigenvalue weighted by Crippen LogP contribution is -2.41. The molecule has 1 heteroatoms. The van der Waals surface area contributed by atoms with Crippen LogP contribution in [0.2, 0.25) is 0 Å². The molecule has 3 aliphatic carbocycles. The van der Waals surface area contributed by atoms with Crippen LogP contribution in [0.5, 0.6) is 0 Å². The van der Waals surface area contributed by atoms with Gasteiger partial charge in [0.1, 0.15) is 5.78 Å². The van der Waals surface area contributed by atoms with Crippen molar-refractivity contribution in [2.24, 2.45) is 29.6 Å². The Hall–Kier alpha value is -0.330. The van der Waals surface area contributed by atoms with Gasteiger partial charge in [0.05, 0.1) is 0 Å². The Bertz CT molecular complexity index is 287. The van der Waals surface area contributed by atoms with Crippen LogP contribution in [0.15, 0.2) is 0 Å². The van der Waals surface area contributed by atoms with E-state index in [1.165, 1.54) is 51.4 Å². The predicted molar refractivity (Wildman–Crippen MR) is 74.3 cm³/mol. The van der Waals surface area contributed by atoms with Crippen LogP contribution in [0.1, 0.15) is 71.1 Å². The lowest BCUT2D eigenvalue weighted by Gasteiger charge is -2.48. The average molecular weight is 248 g/mol. The van der Waals surface area contributed by atoms with Crippen molar-refractivity contribution in [1.82, 2.24) is 0 Å². The summed E-state index contributed by atoms with van der Waals surface area (Å²) >= 11 is 0. The van der Waals surface area contributed by atoms with Crippen molar-refractivity contribution in [3.05, 3.63) is 0 Å². The number of carbonyl (C=O) groups excluding carboxylic acids is 1. The molecule has 0 bridgehead atoms. The molecule has 3 rings (SSSR count). The Kier molecular flexibility index (Phi) is 3.77. The summed E-state index contributed by atoms with van der Waals surface area (Å²) in [6.07, 6.45) is 13.6. The maximum Gasteiger partial charge on any atom is 0.133 e. The van der Waals surface area contributed by atoms with Gasteiger partial charge in [-0.2, -0.15) is 0 Å². The predicted octanol–water partition coefficient (Wildman–Crippen LogP) is 4.60. The van der Waals surface area contributed by atoms with E-state index in [-0.39, 0.29) is 0 Å². The standard InChI is InChI=1S/C17H28O/c1-2-3-12-4-6-13(7-5-12)14-8-15(9-14)16-10-17(18)11-16/h12-16H,2-11H2,1H3. The molecule has 0 N–H and O–H groups in total. The number of hydrogen-bond acceptors (Lipinski definition) is 1. The number of carbonyl (C=O) groups is 1. The van der Waals surface area contributed by atoms with E-state index < -0.39 is 0 Å². The highest BCUT2D eigenvalue weighted by molar-refractivity contribution is 5.84. The molecule has 18 heavy (non-hydrogen) atoms. The van der Waals surface area contributed by atoms with Crippen molar-refractivity contribution in [2.45, 2.75) is 71.1 Å². The highest BCUT2D eigenvalue weighted by atomic mass is 16.1. The third-order valence-corrected chi connectivity index (χ3v) is 6.11. The zero-order chi connectivity index (χ0) is 12.5. The van der Waals surface area contributed by atoms with Gasteiger partial charge in [-0.15, -0.1) is 0 Å². The maximum absolute atomic E-state index is 11.0. The third-order valence-electron chi connectivity index (χ3n) is 6.11. The van der Waals surface area contributed by atoms with Gasteiger partial charge in [-0.3, -0.25) is 4.79 Å². The van der Waals surface area contributed by atoms with Gasteiger partial charge in [-0.25, -0.2) is 0 Å². The second-order valence-electron chi connectivity index (χ2n) is 7.27. The van der Waals surface area contributed by atoms with Crippen LogP contribution in [-0.4, -0.2) is 5.78 Å². The molecular weight excluding hydrogens is 220 g/mol. The molecule has 3 aliphatic rings. The summed E-state index contributed by atoms with van der Waals surface area (Å²) in [5, 5.41) is 0. The monoisotopic (exact) mass is 248 g/mol. The molecular formula is C17H28O. The van der Waals surface area contributed by atoms with E-state index in [0.29, 0.717) is 5.78 Å². The minimum atomic E-state index is 0.517. The molecule has 0 saturated heterocycles. The summed E-state index contributed by atoms with van der Waals surface area (Å²) in [6.45, 7) is 2.32. The summed E-state index contributed by atoms with van der Waals surface area (Å²) in [4.78, 5) is 11.0. The Balaban J connectivity index is 1.36. The van der Waals surface area contributed by atoms with Gasteiger partial charge in [0, 0.05) is 12.8 Å². The van der Waals surface area contributed by atoms with Crippen molar-refractivity contribution in [1.29, 1.82) is 0 Å². The Morgan fingerprint density at radius 1 is 0.889 bits per heavy atom. The van der Waals surface area contributed by atoms with Crippen molar-refractivity contribution >= 4 is 5.78 Å². The first-order valence-electron chi connectivity index (χ1n) is 8.28. The fraction of sp³-hybridized carbons (Fsp3) is 0.941. The largest absolute Gasteiger partial charge is 0.300 e. The van der Waals surface area contributed by atoms with Crippen molar-refractivity contribution in [3.8, 4) is 0 Å². The second-order valence-corrected chi connectivity index (χ2v) is 7.27. The van der Waals surface area contributed by atoms with Crippen LogP contribution in [-0.2, 0) is 4.79 Å². The number of ketones is 1. The third kappa shape index (κ3) is 2.51. The van der Waals surface area contributed by atoms with Crippen LogP contribution in [0.25, 0.3) is 0 Å². The fourth-order valence-electron chi connectivity index (χ4n) is 4.69. The molecule has 0 aromatic carbocycles. The minimum Gasteiger partial charge on any atom is -0.300 e. The van der Waals surface area contributed by atoms with E-state index in [9.17, 15) is 4.79 Å². The molecule has 0 spiro atoms. The van der Waals surface area contributed by atoms with Crippen molar-refractivity contribution < 1.29 is 4.79 Å². The minimum absolute atomic E-state index is 0.517. The Morgan fingerprint density at radius 2 is 1.50 bits per heavy atom. The van der Waals surface area contributed by atoms with Crippen LogP contribution >= 0.6 is 0 Å². The Labute approximate surface area is 112 Å². The van der Waals surface area contributed by atoms with E-state index in [1.807, 2.05) is 0 Å². The van der Waals surface area contributed by atoms with Gasteiger partial charge < -0.3 is 0 Å². The lowest BCUT2D eigenvalue weighted by molar-refractivity contribution is -0.130. The molecule has 0 radical (unpaired) electrons. The first-order valence-corrected chi connectivity index (χ1v) is 8.28. The molecule has 0 heterocycles. The molecule has 0 aliphatic heterocycles. The lowest BCUT2D eigenvalue weighted by atomic mass is 9.57. The maximum atomic E-state index is 11.0. The summed E-state index contributed by atoms with van der Waals surface area (Å²) in [6, 6.07) is 0. The number of rotatable bonds is 4. The normalized spacial score (nSPS) is 41.3. The van der Waals surface area contributed by atoms with E-state index in [4.69, 9.17) is 0 Å². The number of Topliss-reactive ketones (excluding diaryl/α,β-unsaturated/α-hetero) is 1. The molecule has 102 valence electrons. The molecule has 1 nitrogen and oxygen atoms in total. The highest BCUT2D eigenvalue weighted by Crippen LogP contribution is 2.51. The fourth-order valence-corrected chi connectivity index (χ4v) is 4.69. The average Bonchev–Trinajstić information content (AvgIpc) is 2.27. The van der Waals surface area contributed by atoms with Crippen molar-refractivity contribution in [2.75, 3.05) is 0 Å². The summed E-state index contributed by atoms with van der Waals surface area (Å²) in [5.74, 6) is 5.37. The van der Waals surface area contributed by atoms with Gasteiger partial charge in [0.15, 0.2) is 0 Å². The molecule has 0 aromatic heterocycles. The van der Waals surface area contributed by atoms with Gasteiger partial charge in [-0.1, -0.05) is 32.6 Å². The summed E-state index contributed by atoms with van der Waals surface area (Å²) in [5.41, 5.74) is 0. The molecule has 0 unspecified atom stereocenters. The topological polar surface area (TPSA) is 17.1 Å². The summed E-state index contributed by atoms with van der Waals surface area (Å²) in [7, 11) is 0. The van der Waals surface area contributed by atoms with Crippen LogP contribution in [0.3, 0.4) is 0 Å². The molecule has 3 saturated carbocycles. The van der Waals surface area contributed by atoms with Gasteiger partial charge in [0.25, 0.3) is 0 Å². The van der Waals surface area contributed by atoms with E-state index in [0.717, 1.165) is 42.4 Å². The van der Waals surface area contributed by atoms with Crippen LogP contribution in [0.4, 0.5) is 0 Å². The summed E-state index contributed by atoms with van der Waals surface area (Å²) < 4.78 is 0. The van der Waals surface area contributed by atoms with E-state index in [2.05, 4.69) is 6.92 Å². The van der Waals surface area contributed by atoms with E-state index in [1.54, 1.807) is 0 Å². The molecule has 3 fully saturated rings. The number of hydrogen-bond donors (Lipinski definition) is 0. The highest BCUT2D eigenvalue weighted by Gasteiger charge is 2.43. The Morgan fingerprint density at radius 3 is 2.06 bits per heavy atom. The van der Waals surface area contributed by atoms with Crippen LogP contribution in [0, 0.1) is 29.6 Å². The van der Waals surface area contributed by atoms with Crippen molar-refractivity contribution in [3.63, 3.8) is 0 Å². The smallest absolute Gasteiger partial charge is 0.133 e.